The van der Waals surface area contributed by atoms with Gasteiger partial charge >= 0.3 is 11.9 Å². The van der Waals surface area contributed by atoms with Crippen LogP contribution in [0.4, 0.5) is 0 Å². The minimum Gasteiger partial charge on any atom is -0.457 e. The van der Waals surface area contributed by atoms with Crippen molar-refractivity contribution in [2.45, 2.75) is 117 Å². The Morgan fingerprint density at radius 3 is 1.89 bits per heavy atom. The van der Waals surface area contributed by atoms with Gasteiger partial charge in [0.25, 0.3) is 0 Å². The maximum atomic E-state index is 12.3. The Labute approximate surface area is 231 Å². The first-order valence-corrected chi connectivity index (χ1v) is 17.6. The third kappa shape index (κ3) is 9.53. The highest BCUT2D eigenvalue weighted by molar-refractivity contribution is 6.90. The smallest absolute Gasteiger partial charge is 0.333 e. The molecule has 0 spiro atoms. The van der Waals surface area contributed by atoms with Crippen LogP contribution in [0.3, 0.4) is 0 Å². The number of esters is 2. The molecular weight excluding hydrogens is 492 g/mol. The first-order chi connectivity index (χ1) is 18.0. The largest absolute Gasteiger partial charge is 0.457 e. The molecular formula is C32H50O5Si. The van der Waals surface area contributed by atoms with Crippen molar-refractivity contribution in [3.63, 3.8) is 0 Å². The predicted octanol–water partition coefficient (Wildman–Crippen LogP) is 7.08. The van der Waals surface area contributed by atoms with Gasteiger partial charge in [-0.25, -0.2) is 9.59 Å². The molecule has 1 saturated carbocycles. The Morgan fingerprint density at radius 2 is 1.45 bits per heavy atom. The molecule has 0 heterocycles. The third-order valence-electron chi connectivity index (χ3n) is 7.91. The zero-order valence-electron chi connectivity index (χ0n) is 24.5. The summed E-state index contributed by atoms with van der Waals surface area (Å²) in [6.45, 7) is 18.0. The van der Waals surface area contributed by atoms with Gasteiger partial charge in [-0.05, 0) is 79.7 Å². The summed E-state index contributed by atoms with van der Waals surface area (Å²) in [4.78, 5) is 24.7. The lowest BCUT2D eigenvalue weighted by Crippen LogP contribution is -2.46. The zero-order chi connectivity index (χ0) is 28.3. The van der Waals surface area contributed by atoms with E-state index in [0.29, 0.717) is 23.5 Å². The van der Waals surface area contributed by atoms with E-state index in [0.717, 1.165) is 41.1 Å². The van der Waals surface area contributed by atoms with Crippen LogP contribution in [-0.4, -0.2) is 31.7 Å². The van der Waals surface area contributed by atoms with E-state index in [1.165, 1.54) is 44.1 Å². The molecule has 0 amide bonds. The van der Waals surface area contributed by atoms with E-state index in [2.05, 4.69) is 45.3 Å². The maximum Gasteiger partial charge on any atom is 0.333 e. The van der Waals surface area contributed by atoms with Crippen LogP contribution < -0.4 is 5.19 Å². The number of ether oxygens (including phenoxy) is 2. The number of hydrogen-bond acceptors (Lipinski definition) is 5. The standard InChI is InChI=1S/C32H50O5Si/c1-8-9-10-12-25-13-15-26(16-14-25)27-19-28(21-36-31(34)23(2)3)30(38(6,7)18-11-17-33)29(20-27)22-37-32(35)24(4)5/h19-20,25-26,33H,2,4,8-18,21-22H2,1,3,5-7H3. The topological polar surface area (TPSA) is 72.8 Å². The van der Waals surface area contributed by atoms with Gasteiger partial charge in [-0.2, -0.15) is 0 Å². The molecule has 0 radical (unpaired) electrons. The number of rotatable bonds is 15. The van der Waals surface area contributed by atoms with Gasteiger partial charge < -0.3 is 14.6 Å². The van der Waals surface area contributed by atoms with Gasteiger partial charge in [0.1, 0.15) is 13.2 Å². The number of unbranched alkanes of at least 4 members (excludes halogenated alkanes) is 2. The van der Waals surface area contributed by atoms with Crippen LogP contribution in [-0.2, 0) is 32.3 Å². The summed E-state index contributed by atoms with van der Waals surface area (Å²) in [5.74, 6) is 0.451. The van der Waals surface area contributed by atoms with E-state index in [1.807, 2.05) is 0 Å². The van der Waals surface area contributed by atoms with Crippen LogP contribution in [0.25, 0.3) is 0 Å². The molecule has 1 fully saturated rings. The second-order valence-electron chi connectivity index (χ2n) is 11.9. The average molecular weight is 543 g/mol. The van der Waals surface area contributed by atoms with Gasteiger partial charge in [-0.3, -0.25) is 0 Å². The van der Waals surface area contributed by atoms with Crippen LogP contribution in [0, 0.1) is 5.92 Å². The highest BCUT2D eigenvalue weighted by Crippen LogP contribution is 2.38. The van der Waals surface area contributed by atoms with Crippen LogP contribution in [0.15, 0.2) is 36.4 Å². The summed E-state index contributed by atoms with van der Waals surface area (Å²) in [7, 11) is -2.08. The van der Waals surface area contributed by atoms with E-state index >= 15 is 0 Å². The van der Waals surface area contributed by atoms with Crippen LogP contribution in [0.5, 0.6) is 0 Å². The van der Waals surface area contributed by atoms with Gasteiger partial charge in [-0.15, -0.1) is 0 Å². The van der Waals surface area contributed by atoms with Crippen LogP contribution in [0.1, 0.15) is 101 Å². The molecule has 0 aromatic heterocycles. The van der Waals surface area contributed by atoms with E-state index in [9.17, 15) is 14.7 Å². The van der Waals surface area contributed by atoms with E-state index < -0.39 is 20.0 Å². The summed E-state index contributed by atoms with van der Waals surface area (Å²) in [5.41, 5.74) is 3.99. The third-order valence-corrected chi connectivity index (χ3v) is 11.5. The lowest BCUT2D eigenvalue weighted by atomic mass is 9.76. The Kier molecular flexibility index (Phi) is 13.0. The number of carbonyl (C=O) groups excluding carboxylic acids is 2. The molecule has 38 heavy (non-hydrogen) atoms. The number of aliphatic hydroxyl groups excluding tert-OH is 1. The average Bonchev–Trinajstić information content (AvgIpc) is 2.89. The second kappa shape index (κ2) is 15.4. The fourth-order valence-electron chi connectivity index (χ4n) is 5.77. The van der Waals surface area contributed by atoms with Crippen molar-refractivity contribution in [3.8, 4) is 0 Å². The molecule has 212 valence electrons. The summed E-state index contributed by atoms with van der Waals surface area (Å²) < 4.78 is 11.4. The van der Waals surface area contributed by atoms with E-state index in [4.69, 9.17) is 9.47 Å². The van der Waals surface area contributed by atoms with Crippen molar-refractivity contribution in [2.24, 2.45) is 5.92 Å². The number of carbonyl (C=O) groups is 2. The summed E-state index contributed by atoms with van der Waals surface area (Å²) in [6.07, 6.45) is 10.7. The van der Waals surface area contributed by atoms with Crippen molar-refractivity contribution in [3.05, 3.63) is 53.1 Å². The molecule has 0 bridgehead atoms. The first-order valence-electron chi connectivity index (χ1n) is 14.4. The quantitative estimate of drug-likeness (QED) is 0.111. The molecule has 0 saturated heterocycles. The molecule has 0 atom stereocenters. The fourth-order valence-corrected chi connectivity index (χ4v) is 9.09. The van der Waals surface area contributed by atoms with Gasteiger partial charge in [-0.1, -0.05) is 77.0 Å². The summed E-state index contributed by atoms with van der Waals surface area (Å²) in [5, 5.41) is 10.7. The Morgan fingerprint density at radius 1 is 0.921 bits per heavy atom. The van der Waals surface area contributed by atoms with Crippen molar-refractivity contribution >= 4 is 25.2 Å². The molecule has 5 nitrogen and oxygen atoms in total. The van der Waals surface area contributed by atoms with Crippen molar-refractivity contribution in [2.75, 3.05) is 6.61 Å². The lowest BCUT2D eigenvalue weighted by molar-refractivity contribution is -0.140. The summed E-state index contributed by atoms with van der Waals surface area (Å²) >= 11 is 0. The second-order valence-corrected chi connectivity index (χ2v) is 16.6. The van der Waals surface area contributed by atoms with E-state index in [1.54, 1.807) is 13.8 Å². The normalized spacial score (nSPS) is 17.6. The molecule has 1 aromatic rings. The molecule has 1 aliphatic rings. The van der Waals surface area contributed by atoms with E-state index in [-0.39, 0.29) is 19.8 Å². The lowest BCUT2D eigenvalue weighted by Gasteiger charge is -2.33. The monoisotopic (exact) mass is 542 g/mol. The molecule has 1 N–H and O–H groups in total. The summed E-state index contributed by atoms with van der Waals surface area (Å²) in [6, 6.07) is 5.36. The van der Waals surface area contributed by atoms with Crippen molar-refractivity contribution in [1.82, 2.24) is 0 Å². The van der Waals surface area contributed by atoms with Gasteiger partial charge in [0.15, 0.2) is 0 Å². The van der Waals surface area contributed by atoms with Crippen LogP contribution >= 0.6 is 0 Å². The molecule has 1 aliphatic carbocycles. The fraction of sp³-hybridized carbons (Fsp3) is 0.625. The predicted molar refractivity (Wildman–Crippen MR) is 158 cm³/mol. The van der Waals surface area contributed by atoms with Gasteiger partial charge in [0.2, 0.25) is 0 Å². The SMILES string of the molecule is C=C(C)C(=O)OCc1cc(C2CCC(CCCCC)CC2)cc(COC(=O)C(=C)C)c1[Si](C)(C)CCCO. The molecule has 6 heteroatoms. The molecule has 1 aromatic carbocycles. The Hall–Kier alpha value is -2.18. The molecule has 0 aliphatic heterocycles. The Balaban J connectivity index is 2.46. The highest BCUT2D eigenvalue weighted by Gasteiger charge is 2.31. The maximum absolute atomic E-state index is 12.3. The van der Waals surface area contributed by atoms with Gasteiger partial charge in [0, 0.05) is 17.8 Å². The minimum atomic E-state index is -2.08. The Bertz CT molecular complexity index is 921. The number of benzene rings is 1. The van der Waals surface area contributed by atoms with Crippen LogP contribution in [0.2, 0.25) is 19.1 Å². The van der Waals surface area contributed by atoms with Crippen molar-refractivity contribution < 1.29 is 24.2 Å². The van der Waals surface area contributed by atoms with Crippen molar-refractivity contribution in [1.29, 1.82) is 0 Å². The number of hydrogen-bond donors (Lipinski definition) is 1. The first kappa shape index (κ1) is 32.0. The molecule has 2 rings (SSSR count). The van der Waals surface area contributed by atoms with Gasteiger partial charge in [0.05, 0.1) is 8.07 Å². The highest BCUT2D eigenvalue weighted by atomic mass is 28.3. The zero-order valence-corrected chi connectivity index (χ0v) is 25.5. The minimum absolute atomic E-state index is 0.135. The number of aliphatic hydroxyl groups is 1. The molecule has 0 unspecified atom stereocenters.